The number of amides is 1. The van der Waals surface area contributed by atoms with E-state index in [1.165, 1.54) is 6.20 Å². The van der Waals surface area contributed by atoms with E-state index >= 15 is 0 Å². The Morgan fingerprint density at radius 1 is 1.00 bits per heavy atom. The average molecular weight is 506 g/mol. The normalized spacial score (nSPS) is 19.7. The van der Waals surface area contributed by atoms with Gasteiger partial charge < -0.3 is 14.4 Å². The van der Waals surface area contributed by atoms with Crippen molar-refractivity contribution in [3.05, 3.63) is 24.3 Å². The van der Waals surface area contributed by atoms with Crippen LogP contribution in [-0.4, -0.2) is 82.8 Å². The number of likely N-dealkylation sites (tertiary alicyclic amines) is 2. The maximum Gasteiger partial charge on any atom is 0.434 e. The van der Waals surface area contributed by atoms with Crippen molar-refractivity contribution in [3.63, 3.8) is 0 Å². The fourth-order valence-electron chi connectivity index (χ4n) is 4.21. The standard InChI is InChI=1S/C19H22F8N4O3/c20-17(21,13-10-28-5-6-29-13)11-33-12-31-7-1-2-16(31)3-8-30(9-4-16)15(32)34-14(18(22,23)24)19(25,26)27/h5-6,10,14H,1-4,7-9,11-12H2. The Balaban J connectivity index is 1.53. The maximum absolute atomic E-state index is 14.2. The molecule has 1 spiro atoms. The van der Waals surface area contributed by atoms with Gasteiger partial charge in [-0.1, -0.05) is 0 Å². The van der Waals surface area contributed by atoms with Crippen LogP contribution in [0.25, 0.3) is 0 Å². The van der Waals surface area contributed by atoms with Gasteiger partial charge in [-0.25, -0.2) is 4.79 Å². The van der Waals surface area contributed by atoms with E-state index in [2.05, 4.69) is 14.7 Å². The second-order valence-corrected chi connectivity index (χ2v) is 8.20. The molecule has 2 aliphatic heterocycles. The lowest BCUT2D eigenvalue weighted by molar-refractivity contribution is -0.308. The van der Waals surface area contributed by atoms with Crippen LogP contribution in [0.5, 0.6) is 0 Å². The number of ether oxygens (including phenoxy) is 2. The van der Waals surface area contributed by atoms with Gasteiger partial charge in [-0.15, -0.1) is 0 Å². The summed E-state index contributed by atoms with van der Waals surface area (Å²) in [6, 6.07) is 0. The summed E-state index contributed by atoms with van der Waals surface area (Å²) < 4.78 is 113. The van der Waals surface area contributed by atoms with Crippen molar-refractivity contribution in [1.29, 1.82) is 0 Å². The number of rotatable bonds is 6. The molecule has 15 heteroatoms. The first kappa shape index (κ1) is 26.3. The van der Waals surface area contributed by atoms with E-state index in [4.69, 9.17) is 4.74 Å². The molecule has 0 bridgehead atoms. The molecule has 7 nitrogen and oxygen atoms in total. The highest BCUT2D eigenvalue weighted by Crippen LogP contribution is 2.40. The summed E-state index contributed by atoms with van der Waals surface area (Å²) in [7, 11) is 0. The lowest BCUT2D eigenvalue weighted by Crippen LogP contribution is -2.55. The van der Waals surface area contributed by atoms with Crippen LogP contribution in [0.2, 0.25) is 0 Å². The van der Waals surface area contributed by atoms with E-state index in [1.54, 1.807) is 4.90 Å². The van der Waals surface area contributed by atoms with E-state index in [1.807, 2.05) is 0 Å². The molecule has 0 aliphatic carbocycles. The van der Waals surface area contributed by atoms with Crippen LogP contribution in [0, 0.1) is 0 Å². The maximum atomic E-state index is 14.2. The Labute approximate surface area is 189 Å². The van der Waals surface area contributed by atoms with Crippen molar-refractivity contribution in [1.82, 2.24) is 19.8 Å². The third-order valence-electron chi connectivity index (χ3n) is 5.97. The van der Waals surface area contributed by atoms with Gasteiger partial charge in [-0.2, -0.15) is 35.1 Å². The Bertz CT molecular complexity index is 815. The second-order valence-electron chi connectivity index (χ2n) is 8.20. The molecule has 34 heavy (non-hydrogen) atoms. The molecule has 0 unspecified atom stereocenters. The predicted octanol–water partition coefficient (Wildman–Crippen LogP) is 4.10. The van der Waals surface area contributed by atoms with Crippen LogP contribution in [0.1, 0.15) is 31.4 Å². The molecular weight excluding hydrogens is 484 g/mol. The minimum Gasteiger partial charge on any atom is -0.426 e. The summed E-state index contributed by atoms with van der Waals surface area (Å²) in [5.74, 6) is -3.37. The molecule has 0 atom stereocenters. The second kappa shape index (κ2) is 9.76. The van der Waals surface area contributed by atoms with Gasteiger partial charge in [0.15, 0.2) is 0 Å². The highest BCUT2D eigenvalue weighted by molar-refractivity contribution is 5.68. The number of carbonyl (C=O) groups is 1. The molecule has 0 N–H and O–H groups in total. The van der Waals surface area contributed by atoms with Gasteiger partial charge in [0.1, 0.15) is 12.3 Å². The molecule has 192 valence electrons. The van der Waals surface area contributed by atoms with Gasteiger partial charge in [-0.05, 0) is 25.7 Å². The molecule has 2 aliphatic rings. The molecule has 3 heterocycles. The monoisotopic (exact) mass is 506 g/mol. The van der Waals surface area contributed by atoms with Crippen molar-refractivity contribution in [3.8, 4) is 0 Å². The van der Waals surface area contributed by atoms with Crippen molar-refractivity contribution < 1.29 is 49.4 Å². The van der Waals surface area contributed by atoms with Gasteiger partial charge in [-0.3, -0.25) is 14.9 Å². The predicted molar refractivity (Wildman–Crippen MR) is 98.6 cm³/mol. The van der Waals surface area contributed by atoms with Crippen LogP contribution in [0.3, 0.4) is 0 Å². The summed E-state index contributed by atoms with van der Waals surface area (Å²) in [6.45, 7) is -0.899. The quantitative estimate of drug-likeness (QED) is 0.542. The van der Waals surface area contributed by atoms with Gasteiger partial charge >= 0.3 is 24.4 Å². The fraction of sp³-hybridized carbons (Fsp3) is 0.737. The van der Waals surface area contributed by atoms with Crippen molar-refractivity contribution >= 4 is 6.09 Å². The first-order valence-corrected chi connectivity index (χ1v) is 10.3. The first-order valence-electron chi connectivity index (χ1n) is 10.3. The van der Waals surface area contributed by atoms with E-state index < -0.39 is 48.3 Å². The largest absolute Gasteiger partial charge is 0.434 e. The number of nitrogens with zero attached hydrogens (tertiary/aromatic N) is 4. The molecule has 0 aromatic carbocycles. The fourth-order valence-corrected chi connectivity index (χ4v) is 4.21. The molecule has 2 saturated heterocycles. The zero-order chi connectivity index (χ0) is 25.2. The number of halogens is 8. The van der Waals surface area contributed by atoms with Gasteiger partial charge in [0.05, 0.1) is 12.9 Å². The molecule has 1 aromatic heterocycles. The van der Waals surface area contributed by atoms with Crippen LogP contribution >= 0.6 is 0 Å². The smallest absolute Gasteiger partial charge is 0.426 e. The van der Waals surface area contributed by atoms with E-state index in [9.17, 15) is 39.9 Å². The Kier molecular flexibility index (Phi) is 7.55. The number of hydrogen-bond acceptors (Lipinski definition) is 6. The highest BCUT2D eigenvalue weighted by atomic mass is 19.4. The number of carbonyl (C=O) groups excluding carboxylic acids is 1. The van der Waals surface area contributed by atoms with Crippen molar-refractivity contribution in [2.45, 2.75) is 55.6 Å². The topological polar surface area (TPSA) is 67.8 Å². The van der Waals surface area contributed by atoms with Gasteiger partial charge in [0.2, 0.25) is 0 Å². The Morgan fingerprint density at radius 2 is 1.65 bits per heavy atom. The molecule has 2 fully saturated rings. The van der Waals surface area contributed by atoms with Crippen LogP contribution in [0.4, 0.5) is 39.9 Å². The van der Waals surface area contributed by atoms with Crippen LogP contribution < -0.4 is 0 Å². The highest BCUT2D eigenvalue weighted by Gasteiger charge is 2.60. The van der Waals surface area contributed by atoms with E-state index in [-0.39, 0.29) is 32.7 Å². The minimum atomic E-state index is -5.79. The van der Waals surface area contributed by atoms with Crippen molar-refractivity contribution in [2.75, 3.05) is 33.0 Å². The number of piperidine rings is 1. The molecule has 1 amide bonds. The lowest BCUT2D eigenvalue weighted by atomic mass is 9.85. The Hall–Kier alpha value is -2.29. The summed E-state index contributed by atoms with van der Waals surface area (Å²) in [5, 5.41) is 0. The Morgan fingerprint density at radius 3 is 2.21 bits per heavy atom. The van der Waals surface area contributed by atoms with Crippen molar-refractivity contribution in [2.24, 2.45) is 0 Å². The number of alkyl halides is 8. The SMILES string of the molecule is O=C(OC(C(F)(F)F)C(F)(F)F)N1CCC2(CCCN2COCC(F)(F)c2cnccn2)CC1. The van der Waals surface area contributed by atoms with Gasteiger partial charge in [0, 0.05) is 37.6 Å². The molecule has 1 aromatic rings. The third kappa shape index (κ3) is 6.03. The minimum absolute atomic E-state index is 0.145. The summed E-state index contributed by atoms with van der Waals surface area (Å²) in [5.41, 5.74) is -1.11. The number of hydrogen-bond donors (Lipinski definition) is 0. The average Bonchev–Trinajstić information content (AvgIpc) is 3.13. The molecular formula is C19H22F8N4O3. The summed E-state index contributed by atoms with van der Waals surface area (Å²) >= 11 is 0. The number of aromatic nitrogens is 2. The first-order chi connectivity index (χ1) is 15.7. The van der Waals surface area contributed by atoms with Crippen LogP contribution in [0.15, 0.2) is 18.6 Å². The zero-order valence-electron chi connectivity index (χ0n) is 17.7. The zero-order valence-corrected chi connectivity index (χ0v) is 17.7. The molecule has 0 radical (unpaired) electrons. The molecule has 0 saturated carbocycles. The van der Waals surface area contributed by atoms with E-state index in [0.29, 0.717) is 19.4 Å². The molecule has 3 rings (SSSR count). The summed E-state index contributed by atoms with van der Waals surface area (Å²) in [4.78, 5) is 21.7. The third-order valence-corrected chi connectivity index (χ3v) is 5.97. The summed E-state index contributed by atoms with van der Waals surface area (Å²) in [6.07, 6.45) is -12.5. The lowest BCUT2D eigenvalue weighted by Gasteiger charge is -2.44. The van der Waals surface area contributed by atoms with E-state index in [0.717, 1.165) is 17.3 Å². The van der Waals surface area contributed by atoms with Crippen LogP contribution in [-0.2, 0) is 15.4 Å². The van der Waals surface area contributed by atoms with Gasteiger partial charge in [0.25, 0.3) is 6.10 Å².